The summed E-state index contributed by atoms with van der Waals surface area (Å²) < 4.78 is 21.0. The van der Waals surface area contributed by atoms with Crippen LogP contribution >= 0.6 is 0 Å². The van der Waals surface area contributed by atoms with E-state index in [1.54, 1.807) is 19.2 Å². The second-order valence-corrected chi connectivity index (χ2v) is 8.16. The predicted molar refractivity (Wildman–Crippen MR) is 121 cm³/mol. The number of para-hydroxylation sites is 3. The normalized spacial score (nSPS) is 16.1. The molecule has 5 rings (SSSR count). The molecule has 162 valence electrons. The molecule has 32 heavy (non-hydrogen) atoms. The standard InChI is InChI=1S/C26H24FN3O2/c1-32-24-9-5-2-6-19(24)17-30-23-8-4-3-7-22(23)28-26(30)20-14-25(31)29(16-20)15-18-10-12-21(27)13-11-18/h2-13,20H,14-17H2,1H3. The maximum Gasteiger partial charge on any atom is 0.223 e. The van der Waals surface area contributed by atoms with E-state index in [1.807, 2.05) is 41.3 Å². The van der Waals surface area contributed by atoms with Gasteiger partial charge in [0.25, 0.3) is 0 Å². The van der Waals surface area contributed by atoms with Gasteiger partial charge in [-0.15, -0.1) is 0 Å². The maximum atomic E-state index is 13.2. The highest BCUT2D eigenvalue weighted by Gasteiger charge is 2.34. The minimum Gasteiger partial charge on any atom is -0.496 e. The zero-order valence-corrected chi connectivity index (χ0v) is 17.9. The minimum atomic E-state index is -0.274. The van der Waals surface area contributed by atoms with Crippen LogP contribution in [0.25, 0.3) is 11.0 Å². The van der Waals surface area contributed by atoms with E-state index < -0.39 is 0 Å². The van der Waals surface area contributed by atoms with E-state index in [1.165, 1.54) is 12.1 Å². The van der Waals surface area contributed by atoms with E-state index in [2.05, 4.69) is 16.7 Å². The Bertz CT molecular complexity index is 1270. The fourth-order valence-corrected chi connectivity index (χ4v) is 4.48. The Labute approximate surface area is 186 Å². The molecule has 0 saturated carbocycles. The first-order valence-electron chi connectivity index (χ1n) is 10.7. The van der Waals surface area contributed by atoms with Crippen LogP contribution in [0.4, 0.5) is 4.39 Å². The molecule has 1 aliphatic rings. The molecule has 3 aromatic carbocycles. The molecule has 1 aromatic heterocycles. The summed E-state index contributed by atoms with van der Waals surface area (Å²) in [5, 5.41) is 0. The van der Waals surface area contributed by atoms with Crippen LogP contribution in [-0.2, 0) is 17.9 Å². The number of carbonyl (C=O) groups excluding carboxylic acids is 1. The number of hydrogen-bond acceptors (Lipinski definition) is 3. The van der Waals surface area contributed by atoms with Crippen molar-refractivity contribution in [2.24, 2.45) is 0 Å². The lowest BCUT2D eigenvalue weighted by Crippen LogP contribution is -2.24. The summed E-state index contributed by atoms with van der Waals surface area (Å²) >= 11 is 0. The van der Waals surface area contributed by atoms with Gasteiger partial charge in [-0.05, 0) is 35.9 Å². The van der Waals surface area contributed by atoms with Gasteiger partial charge in [0.15, 0.2) is 0 Å². The first kappa shape index (κ1) is 20.2. The highest BCUT2D eigenvalue weighted by molar-refractivity contribution is 5.81. The van der Waals surface area contributed by atoms with E-state index >= 15 is 0 Å². The summed E-state index contributed by atoms with van der Waals surface area (Å²) in [7, 11) is 1.68. The fraction of sp³-hybridized carbons (Fsp3) is 0.231. The second-order valence-electron chi connectivity index (χ2n) is 8.16. The number of nitrogens with zero attached hydrogens (tertiary/aromatic N) is 3. The van der Waals surface area contributed by atoms with Gasteiger partial charge in [-0.25, -0.2) is 9.37 Å². The zero-order valence-electron chi connectivity index (χ0n) is 17.9. The Kier molecular flexibility index (Phi) is 5.35. The molecule has 0 aliphatic carbocycles. The van der Waals surface area contributed by atoms with Crippen molar-refractivity contribution in [2.75, 3.05) is 13.7 Å². The molecule has 1 amide bonds. The molecule has 0 radical (unpaired) electrons. The highest BCUT2D eigenvalue weighted by atomic mass is 19.1. The topological polar surface area (TPSA) is 47.4 Å². The van der Waals surface area contributed by atoms with E-state index in [4.69, 9.17) is 9.72 Å². The lowest BCUT2D eigenvalue weighted by Gasteiger charge is -2.18. The molecule has 6 heteroatoms. The molecule has 0 spiro atoms. The first-order valence-corrected chi connectivity index (χ1v) is 10.7. The van der Waals surface area contributed by atoms with Crippen LogP contribution in [0.15, 0.2) is 72.8 Å². The summed E-state index contributed by atoms with van der Waals surface area (Å²) in [5.41, 5.74) is 3.94. The molecule has 1 fully saturated rings. The number of rotatable bonds is 6. The van der Waals surface area contributed by atoms with Crippen LogP contribution in [-0.4, -0.2) is 34.0 Å². The van der Waals surface area contributed by atoms with Crippen molar-refractivity contribution < 1.29 is 13.9 Å². The lowest BCUT2D eigenvalue weighted by atomic mass is 10.1. The average molecular weight is 429 g/mol. The summed E-state index contributed by atoms with van der Waals surface area (Å²) in [5.74, 6) is 1.55. The third kappa shape index (κ3) is 3.84. The van der Waals surface area contributed by atoms with Crippen molar-refractivity contribution in [2.45, 2.75) is 25.4 Å². The van der Waals surface area contributed by atoms with Crippen LogP contribution in [0.5, 0.6) is 5.75 Å². The van der Waals surface area contributed by atoms with E-state index in [9.17, 15) is 9.18 Å². The number of aromatic nitrogens is 2. The maximum absolute atomic E-state index is 13.2. The quantitative estimate of drug-likeness (QED) is 0.445. The van der Waals surface area contributed by atoms with Crippen LogP contribution in [0.3, 0.4) is 0 Å². The van der Waals surface area contributed by atoms with Gasteiger partial charge >= 0.3 is 0 Å². The van der Waals surface area contributed by atoms with Gasteiger partial charge in [-0.2, -0.15) is 0 Å². The average Bonchev–Trinajstić information content (AvgIpc) is 3.36. The molecule has 0 bridgehead atoms. The molecule has 1 saturated heterocycles. The van der Waals surface area contributed by atoms with Crippen molar-refractivity contribution in [1.82, 2.24) is 14.5 Å². The lowest BCUT2D eigenvalue weighted by molar-refractivity contribution is -0.128. The Morgan fingerprint density at radius 3 is 2.56 bits per heavy atom. The molecule has 1 atom stereocenters. The van der Waals surface area contributed by atoms with E-state index in [0.29, 0.717) is 26.1 Å². The summed E-state index contributed by atoms with van der Waals surface area (Å²) in [6.45, 7) is 1.68. The van der Waals surface area contributed by atoms with Gasteiger partial charge < -0.3 is 14.2 Å². The van der Waals surface area contributed by atoms with Gasteiger partial charge in [-0.3, -0.25) is 4.79 Å². The van der Waals surface area contributed by atoms with E-state index in [0.717, 1.165) is 33.7 Å². The number of ether oxygens (including phenoxy) is 1. The molecular weight excluding hydrogens is 405 g/mol. The van der Waals surface area contributed by atoms with Crippen molar-refractivity contribution >= 4 is 16.9 Å². The van der Waals surface area contributed by atoms with E-state index in [-0.39, 0.29) is 17.6 Å². The van der Waals surface area contributed by atoms with Crippen LogP contribution in [0.2, 0.25) is 0 Å². The largest absolute Gasteiger partial charge is 0.496 e. The third-order valence-electron chi connectivity index (χ3n) is 6.07. The number of likely N-dealkylation sites (tertiary alicyclic amines) is 1. The van der Waals surface area contributed by atoms with Crippen molar-refractivity contribution in [3.05, 3.63) is 95.6 Å². The molecular formula is C26H24FN3O2. The predicted octanol–water partition coefficient (Wildman–Crippen LogP) is 4.75. The Balaban J connectivity index is 1.47. The molecule has 5 nitrogen and oxygen atoms in total. The number of carbonyl (C=O) groups is 1. The Morgan fingerprint density at radius 2 is 1.75 bits per heavy atom. The molecule has 4 aromatic rings. The summed E-state index contributed by atoms with van der Waals surface area (Å²) in [4.78, 5) is 19.6. The van der Waals surface area contributed by atoms with Crippen molar-refractivity contribution in [3.63, 3.8) is 0 Å². The van der Waals surface area contributed by atoms with Gasteiger partial charge in [0.05, 0.1) is 24.7 Å². The van der Waals surface area contributed by atoms with Gasteiger partial charge in [0.1, 0.15) is 17.4 Å². The highest BCUT2D eigenvalue weighted by Crippen LogP contribution is 2.32. The van der Waals surface area contributed by atoms with Gasteiger partial charge in [-0.1, -0.05) is 42.5 Å². The number of methoxy groups -OCH3 is 1. The number of hydrogen-bond donors (Lipinski definition) is 0. The zero-order chi connectivity index (χ0) is 22.1. The SMILES string of the molecule is COc1ccccc1Cn1c(C2CC(=O)N(Cc3ccc(F)cc3)C2)nc2ccccc21. The molecule has 2 heterocycles. The van der Waals surface area contributed by atoms with Crippen LogP contribution in [0.1, 0.15) is 29.3 Å². The second kappa shape index (κ2) is 8.46. The van der Waals surface area contributed by atoms with Crippen molar-refractivity contribution in [1.29, 1.82) is 0 Å². The third-order valence-corrected chi connectivity index (χ3v) is 6.07. The molecule has 0 N–H and O–H groups in total. The minimum absolute atomic E-state index is 0.00921. The number of fused-ring (bicyclic) bond motifs is 1. The van der Waals surface area contributed by atoms with Crippen LogP contribution in [0, 0.1) is 5.82 Å². The van der Waals surface area contributed by atoms with Crippen LogP contribution < -0.4 is 4.74 Å². The number of amides is 1. The Morgan fingerprint density at radius 1 is 1.00 bits per heavy atom. The molecule has 1 aliphatic heterocycles. The van der Waals surface area contributed by atoms with Gasteiger partial charge in [0, 0.05) is 31.0 Å². The summed E-state index contributed by atoms with van der Waals surface area (Å²) in [6, 6.07) is 22.3. The molecule has 1 unspecified atom stereocenters. The smallest absolute Gasteiger partial charge is 0.223 e. The Hall–Kier alpha value is -3.67. The van der Waals surface area contributed by atoms with Crippen molar-refractivity contribution in [3.8, 4) is 5.75 Å². The number of imidazole rings is 1. The fourth-order valence-electron chi connectivity index (χ4n) is 4.48. The first-order chi connectivity index (χ1) is 15.6. The number of benzene rings is 3. The summed E-state index contributed by atoms with van der Waals surface area (Å²) in [6.07, 6.45) is 0.413. The monoisotopic (exact) mass is 429 g/mol. The van der Waals surface area contributed by atoms with Gasteiger partial charge in [0.2, 0.25) is 5.91 Å². The number of halogens is 1.